The van der Waals surface area contributed by atoms with Gasteiger partial charge in [0.05, 0.1) is 13.2 Å². The summed E-state index contributed by atoms with van der Waals surface area (Å²) in [4.78, 5) is 13.9. The number of carbonyl (C=O) groups excluding carboxylic acids is 1. The van der Waals surface area contributed by atoms with Gasteiger partial charge in [-0.1, -0.05) is 6.92 Å². The third-order valence-electron chi connectivity index (χ3n) is 2.98. The Morgan fingerprint density at radius 2 is 2.19 bits per heavy atom. The first-order chi connectivity index (χ1) is 7.77. The second kappa shape index (κ2) is 7.60. The van der Waals surface area contributed by atoms with Crippen molar-refractivity contribution in [3.05, 3.63) is 0 Å². The zero-order valence-electron chi connectivity index (χ0n) is 10.1. The molecule has 1 aliphatic heterocycles. The summed E-state index contributed by atoms with van der Waals surface area (Å²) >= 11 is 0. The first-order valence-corrected chi connectivity index (χ1v) is 6.05. The molecule has 1 amide bonds. The number of hydrogen-bond donors (Lipinski definition) is 2. The predicted octanol–water partition coefficient (Wildman–Crippen LogP) is -0.580. The predicted molar refractivity (Wildman–Crippen MR) is 63.1 cm³/mol. The third kappa shape index (κ3) is 4.47. The van der Waals surface area contributed by atoms with Gasteiger partial charge in [0, 0.05) is 38.6 Å². The van der Waals surface area contributed by atoms with Crippen molar-refractivity contribution in [2.24, 2.45) is 11.7 Å². The van der Waals surface area contributed by atoms with Crippen LogP contribution in [0.1, 0.15) is 13.3 Å². The van der Waals surface area contributed by atoms with Crippen molar-refractivity contribution in [2.75, 3.05) is 45.9 Å². The van der Waals surface area contributed by atoms with Gasteiger partial charge in [-0.2, -0.15) is 0 Å². The molecule has 1 rings (SSSR count). The molecule has 0 saturated carbocycles. The van der Waals surface area contributed by atoms with Crippen LogP contribution in [0.4, 0.5) is 0 Å². The number of nitrogens with one attached hydrogen (secondary N) is 1. The number of amides is 1. The maximum atomic E-state index is 11.6. The van der Waals surface area contributed by atoms with E-state index in [1.165, 1.54) is 0 Å². The molecule has 1 fully saturated rings. The monoisotopic (exact) mass is 229 g/mol. The zero-order chi connectivity index (χ0) is 11.8. The van der Waals surface area contributed by atoms with Crippen LogP contribution in [0, 0.1) is 5.92 Å². The molecule has 5 nitrogen and oxygen atoms in total. The summed E-state index contributed by atoms with van der Waals surface area (Å²) in [5, 5.41) is 2.93. The number of nitrogens with two attached hydrogens (primary N) is 1. The Kier molecular flexibility index (Phi) is 6.37. The van der Waals surface area contributed by atoms with Crippen LogP contribution in [-0.4, -0.2) is 56.7 Å². The van der Waals surface area contributed by atoms with Gasteiger partial charge in [0.1, 0.15) is 0 Å². The molecule has 94 valence electrons. The lowest BCUT2D eigenvalue weighted by Crippen LogP contribution is -2.43. The molecule has 16 heavy (non-hydrogen) atoms. The molecule has 0 radical (unpaired) electrons. The maximum Gasteiger partial charge on any atom is 0.224 e. The molecule has 1 saturated heterocycles. The van der Waals surface area contributed by atoms with Crippen LogP contribution in [0.3, 0.4) is 0 Å². The molecule has 1 unspecified atom stereocenters. The lowest BCUT2D eigenvalue weighted by Gasteiger charge is -2.26. The molecule has 1 heterocycles. The second-order valence-corrected chi connectivity index (χ2v) is 4.09. The van der Waals surface area contributed by atoms with E-state index in [0.717, 1.165) is 39.3 Å². The summed E-state index contributed by atoms with van der Waals surface area (Å²) in [6.45, 7) is 7.54. The number of rotatable bonds is 6. The number of nitrogens with zero attached hydrogens (tertiary/aromatic N) is 1. The van der Waals surface area contributed by atoms with Crippen molar-refractivity contribution in [1.82, 2.24) is 10.2 Å². The quantitative estimate of drug-likeness (QED) is 0.639. The van der Waals surface area contributed by atoms with Gasteiger partial charge in [-0.25, -0.2) is 0 Å². The van der Waals surface area contributed by atoms with Crippen LogP contribution in [0.15, 0.2) is 0 Å². The van der Waals surface area contributed by atoms with Crippen molar-refractivity contribution in [1.29, 1.82) is 0 Å². The molecule has 0 bridgehead atoms. The van der Waals surface area contributed by atoms with E-state index in [4.69, 9.17) is 10.5 Å². The van der Waals surface area contributed by atoms with E-state index in [9.17, 15) is 4.79 Å². The normalized spacial score (nSPS) is 19.4. The highest BCUT2D eigenvalue weighted by atomic mass is 16.5. The van der Waals surface area contributed by atoms with Crippen molar-refractivity contribution in [3.63, 3.8) is 0 Å². The van der Waals surface area contributed by atoms with Crippen LogP contribution >= 0.6 is 0 Å². The van der Waals surface area contributed by atoms with Crippen LogP contribution in [-0.2, 0) is 9.53 Å². The first-order valence-electron chi connectivity index (χ1n) is 6.05. The van der Waals surface area contributed by atoms with Crippen molar-refractivity contribution in [2.45, 2.75) is 13.3 Å². The van der Waals surface area contributed by atoms with Gasteiger partial charge in [0.15, 0.2) is 0 Å². The molecule has 5 heteroatoms. The Balaban J connectivity index is 2.11. The van der Waals surface area contributed by atoms with Crippen LogP contribution in [0.5, 0.6) is 0 Å². The number of morpholine rings is 1. The highest BCUT2D eigenvalue weighted by molar-refractivity contribution is 5.78. The molecular formula is C11H23N3O2. The zero-order valence-corrected chi connectivity index (χ0v) is 10.1. The van der Waals surface area contributed by atoms with Gasteiger partial charge in [-0.15, -0.1) is 0 Å². The van der Waals surface area contributed by atoms with Gasteiger partial charge in [-0.05, 0) is 6.42 Å². The van der Waals surface area contributed by atoms with Gasteiger partial charge >= 0.3 is 0 Å². The lowest BCUT2D eigenvalue weighted by atomic mass is 10.1. The van der Waals surface area contributed by atoms with Crippen molar-refractivity contribution in [3.8, 4) is 0 Å². The Morgan fingerprint density at radius 1 is 1.50 bits per heavy atom. The summed E-state index contributed by atoms with van der Waals surface area (Å²) in [6, 6.07) is 0. The van der Waals surface area contributed by atoms with E-state index in [2.05, 4.69) is 10.2 Å². The van der Waals surface area contributed by atoms with Crippen LogP contribution < -0.4 is 11.1 Å². The van der Waals surface area contributed by atoms with E-state index >= 15 is 0 Å². The van der Waals surface area contributed by atoms with Crippen LogP contribution in [0.25, 0.3) is 0 Å². The fourth-order valence-electron chi connectivity index (χ4n) is 1.77. The SMILES string of the molecule is CCC(CN)C(=O)NCCN1CCOCC1. The highest BCUT2D eigenvalue weighted by Crippen LogP contribution is 1.99. The summed E-state index contributed by atoms with van der Waals surface area (Å²) in [5.74, 6) is 0.0444. The fourth-order valence-corrected chi connectivity index (χ4v) is 1.77. The first kappa shape index (κ1) is 13.4. The van der Waals surface area contributed by atoms with Gasteiger partial charge in [0.25, 0.3) is 0 Å². The lowest BCUT2D eigenvalue weighted by molar-refractivity contribution is -0.124. The average Bonchev–Trinajstić information content (AvgIpc) is 2.32. The Hall–Kier alpha value is -0.650. The number of ether oxygens (including phenoxy) is 1. The summed E-state index contributed by atoms with van der Waals surface area (Å²) in [6.07, 6.45) is 0.805. The molecular weight excluding hydrogens is 206 g/mol. The van der Waals surface area contributed by atoms with E-state index in [0.29, 0.717) is 13.1 Å². The molecule has 3 N–H and O–H groups in total. The number of hydrogen-bond acceptors (Lipinski definition) is 4. The van der Waals surface area contributed by atoms with Crippen molar-refractivity contribution < 1.29 is 9.53 Å². The maximum absolute atomic E-state index is 11.6. The van der Waals surface area contributed by atoms with E-state index < -0.39 is 0 Å². The van der Waals surface area contributed by atoms with Gasteiger partial charge in [-0.3, -0.25) is 9.69 Å². The molecule has 0 aromatic heterocycles. The van der Waals surface area contributed by atoms with Gasteiger partial charge in [0.2, 0.25) is 5.91 Å². The largest absolute Gasteiger partial charge is 0.379 e. The molecule has 1 atom stereocenters. The summed E-state index contributed by atoms with van der Waals surface area (Å²) in [7, 11) is 0. The Bertz CT molecular complexity index is 201. The van der Waals surface area contributed by atoms with E-state index in [1.807, 2.05) is 6.92 Å². The summed E-state index contributed by atoms with van der Waals surface area (Å²) < 4.78 is 5.25. The minimum Gasteiger partial charge on any atom is -0.379 e. The summed E-state index contributed by atoms with van der Waals surface area (Å²) in [5.41, 5.74) is 5.51. The molecule has 0 aliphatic carbocycles. The molecule has 0 spiro atoms. The fraction of sp³-hybridized carbons (Fsp3) is 0.909. The van der Waals surface area contributed by atoms with Crippen molar-refractivity contribution >= 4 is 5.91 Å². The minimum absolute atomic E-state index is 0.0373. The smallest absolute Gasteiger partial charge is 0.224 e. The van der Waals surface area contributed by atoms with E-state index in [-0.39, 0.29) is 11.8 Å². The minimum atomic E-state index is -0.0373. The Morgan fingerprint density at radius 3 is 2.75 bits per heavy atom. The number of carbonyl (C=O) groups is 1. The van der Waals surface area contributed by atoms with E-state index in [1.54, 1.807) is 0 Å². The molecule has 1 aliphatic rings. The van der Waals surface area contributed by atoms with Crippen LogP contribution in [0.2, 0.25) is 0 Å². The van der Waals surface area contributed by atoms with Gasteiger partial charge < -0.3 is 15.8 Å². The Labute approximate surface area is 97.3 Å². The topological polar surface area (TPSA) is 67.6 Å². The average molecular weight is 229 g/mol. The third-order valence-corrected chi connectivity index (χ3v) is 2.98. The highest BCUT2D eigenvalue weighted by Gasteiger charge is 2.14. The molecule has 0 aromatic rings. The second-order valence-electron chi connectivity index (χ2n) is 4.09. The standard InChI is InChI=1S/C11H23N3O2/c1-2-10(9-12)11(15)13-3-4-14-5-7-16-8-6-14/h10H,2-9,12H2,1H3,(H,13,15). The molecule has 0 aromatic carbocycles.